The van der Waals surface area contributed by atoms with Crippen molar-refractivity contribution in [2.45, 2.75) is 12.8 Å². The van der Waals surface area contributed by atoms with E-state index in [2.05, 4.69) is 6.07 Å². The first kappa shape index (κ1) is 13.1. The van der Waals surface area contributed by atoms with Crippen LogP contribution in [0.2, 0.25) is 0 Å². The van der Waals surface area contributed by atoms with Crippen molar-refractivity contribution >= 4 is 0 Å². The van der Waals surface area contributed by atoms with Crippen LogP contribution in [0.15, 0.2) is 53.9 Å². The molecule has 1 aliphatic heterocycles. The van der Waals surface area contributed by atoms with E-state index in [1.54, 1.807) is 6.07 Å². The molecule has 3 rings (SSSR count). The number of benzene rings is 2. The molecule has 4 heteroatoms. The summed E-state index contributed by atoms with van der Waals surface area (Å²) in [7, 11) is 0. The van der Waals surface area contributed by atoms with E-state index >= 15 is 0 Å². The molecular formula is C17H14N2O2. The van der Waals surface area contributed by atoms with Gasteiger partial charge in [-0.15, -0.1) is 0 Å². The molecule has 4 nitrogen and oxygen atoms in total. The number of phenolic OH excluding ortho intramolecular Hbond substituents is 1. The van der Waals surface area contributed by atoms with Gasteiger partial charge in [0.15, 0.2) is 0 Å². The predicted molar refractivity (Wildman–Crippen MR) is 78.6 cm³/mol. The van der Waals surface area contributed by atoms with E-state index < -0.39 is 5.92 Å². The van der Waals surface area contributed by atoms with Gasteiger partial charge in [-0.1, -0.05) is 30.3 Å². The van der Waals surface area contributed by atoms with Gasteiger partial charge < -0.3 is 15.6 Å². The first-order valence-corrected chi connectivity index (χ1v) is 6.58. The molecule has 21 heavy (non-hydrogen) atoms. The van der Waals surface area contributed by atoms with Gasteiger partial charge in [-0.2, -0.15) is 5.26 Å². The Morgan fingerprint density at radius 2 is 1.95 bits per heavy atom. The van der Waals surface area contributed by atoms with Gasteiger partial charge in [-0.3, -0.25) is 0 Å². The number of hydrogen-bond donors (Lipinski definition) is 2. The third-order valence-electron chi connectivity index (χ3n) is 3.58. The molecule has 0 saturated carbocycles. The molecule has 0 amide bonds. The molecule has 2 aromatic carbocycles. The van der Waals surface area contributed by atoms with Gasteiger partial charge in [0.1, 0.15) is 23.1 Å². The van der Waals surface area contributed by atoms with Crippen LogP contribution in [0.25, 0.3) is 0 Å². The van der Waals surface area contributed by atoms with Crippen LogP contribution in [-0.2, 0) is 0 Å². The average molecular weight is 278 g/mol. The van der Waals surface area contributed by atoms with Gasteiger partial charge in [0.05, 0.1) is 5.92 Å². The van der Waals surface area contributed by atoms with Crippen LogP contribution in [0.3, 0.4) is 0 Å². The Hall–Kier alpha value is -2.93. The zero-order valence-electron chi connectivity index (χ0n) is 11.5. The van der Waals surface area contributed by atoms with Crippen molar-refractivity contribution in [3.63, 3.8) is 0 Å². The zero-order chi connectivity index (χ0) is 15.0. The molecule has 0 saturated heterocycles. The number of aryl methyl sites for hydroxylation is 1. The molecule has 1 heterocycles. The highest BCUT2D eigenvalue weighted by Crippen LogP contribution is 2.46. The molecule has 0 radical (unpaired) electrons. The van der Waals surface area contributed by atoms with Crippen molar-refractivity contribution in [1.29, 1.82) is 5.26 Å². The molecule has 0 fully saturated rings. The average Bonchev–Trinajstić information content (AvgIpc) is 2.46. The number of fused-ring (bicyclic) bond motifs is 1. The highest BCUT2D eigenvalue weighted by atomic mass is 16.5. The maximum Gasteiger partial charge on any atom is 0.205 e. The van der Waals surface area contributed by atoms with Crippen molar-refractivity contribution in [2.75, 3.05) is 0 Å². The molecule has 104 valence electrons. The second-order valence-electron chi connectivity index (χ2n) is 5.03. The molecular weight excluding hydrogens is 264 g/mol. The SMILES string of the molecule is Cc1cc(O)c2c(c1)OC(N)=C(C#N)C2c1ccccc1. The van der Waals surface area contributed by atoms with Crippen LogP contribution in [0.5, 0.6) is 11.5 Å². The number of phenols is 1. The van der Waals surface area contributed by atoms with E-state index in [0.29, 0.717) is 16.9 Å². The number of allylic oxidation sites excluding steroid dienone is 1. The molecule has 1 unspecified atom stereocenters. The van der Waals surface area contributed by atoms with Crippen molar-refractivity contribution in [1.82, 2.24) is 0 Å². The Kier molecular flexibility index (Phi) is 3.03. The lowest BCUT2D eigenvalue weighted by Crippen LogP contribution is -2.21. The number of nitrogens with zero attached hydrogens (tertiary/aromatic N) is 1. The Bertz CT molecular complexity index is 773. The first-order chi connectivity index (χ1) is 10.1. The number of ether oxygens (including phenoxy) is 1. The zero-order valence-corrected chi connectivity index (χ0v) is 11.5. The number of nitrogens with two attached hydrogens (primary N) is 1. The summed E-state index contributed by atoms with van der Waals surface area (Å²) in [6.07, 6.45) is 0. The number of aromatic hydroxyl groups is 1. The normalized spacial score (nSPS) is 16.9. The van der Waals surface area contributed by atoms with Gasteiger partial charge in [0.2, 0.25) is 5.88 Å². The van der Waals surface area contributed by atoms with Gasteiger partial charge in [-0.05, 0) is 30.2 Å². The Morgan fingerprint density at radius 1 is 1.24 bits per heavy atom. The third-order valence-corrected chi connectivity index (χ3v) is 3.58. The fourth-order valence-electron chi connectivity index (χ4n) is 2.68. The van der Waals surface area contributed by atoms with E-state index in [0.717, 1.165) is 11.1 Å². The molecule has 3 N–H and O–H groups in total. The fourth-order valence-corrected chi connectivity index (χ4v) is 2.68. The van der Waals surface area contributed by atoms with E-state index in [-0.39, 0.29) is 11.6 Å². The maximum atomic E-state index is 10.3. The Labute approximate surface area is 122 Å². The van der Waals surface area contributed by atoms with E-state index in [1.807, 2.05) is 43.3 Å². The lowest BCUT2D eigenvalue weighted by Gasteiger charge is -2.27. The van der Waals surface area contributed by atoms with Crippen LogP contribution in [0, 0.1) is 18.3 Å². The molecule has 1 aliphatic rings. The summed E-state index contributed by atoms with van der Waals surface area (Å²) >= 11 is 0. The summed E-state index contributed by atoms with van der Waals surface area (Å²) in [6.45, 7) is 1.86. The highest BCUT2D eigenvalue weighted by Gasteiger charge is 2.33. The summed E-state index contributed by atoms with van der Waals surface area (Å²) in [5.74, 6) is 0.279. The summed E-state index contributed by atoms with van der Waals surface area (Å²) < 4.78 is 5.52. The van der Waals surface area contributed by atoms with Crippen molar-refractivity contribution in [3.05, 3.63) is 70.6 Å². The second-order valence-corrected chi connectivity index (χ2v) is 5.03. The number of nitriles is 1. The van der Waals surface area contributed by atoms with Crippen molar-refractivity contribution in [3.8, 4) is 17.6 Å². The second kappa shape index (κ2) is 4.88. The fraction of sp³-hybridized carbons (Fsp3) is 0.118. The lowest BCUT2D eigenvalue weighted by atomic mass is 9.82. The molecule has 2 aromatic rings. The van der Waals surface area contributed by atoms with E-state index in [1.165, 1.54) is 0 Å². The minimum atomic E-state index is -0.416. The monoisotopic (exact) mass is 278 g/mol. The molecule has 0 bridgehead atoms. The quantitative estimate of drug-likeness (QED) is 0.840. The van der Waals surface area contributed by atoms with Crippen LogP contribution >= 0.6 is 0 Å². The molecule has 0 aliphatic carbocycles. The number of hydrogen-bond acceptors (Lipinski definition) is 4. The minimum Gasteiger partial charge on any atom is -0.507 e. The van der Waals surface area contributed by atoms with Gasteiger partial charge in [0.25, 0.3) is 0 Å². The highest BCUT2D eigenvalue weighted by molar-refractivity contribution is 5.61. The van der Waals surface area contributed by atoms with Gasteiger partial charge in [0, 0.05) is 5.56 Å². The van der Waals surface area contributed by atoms with Crippen LogP contribution in [-0.4, -0.2) is 5.11 Å². The van der Waals surface area contributed by atoms with Crippen LogP contribution < -0.4 is 10.5 Å². The van der Waals surface area contributed by atoms with Crippen molar-refractivity contribution < 1.29 is 9.84 Å². The Morgan fingerprint density at radius 3 is 2.62 bits per heavy atom. The molecule has 0 aromatic heterocycles. The summed E-state index contributed by atoms with van der Waals surface area (Å²) in [5, 5.41) is 19.7. The Balaban J connectivity index is 2.29. The predicted octanol–water partition coefficient (Wildman–Crippen LogP) is 2.92. The standard InChI is InChI=1S/C17H14N2O2/c1-10-7-13(20)16-14(8-10)21-17(19)12(9-18)15(16)11-5-3-2-4-6-11/h2-8,15,20H,19H2,1H3. The number of rotatable bonds is 1. The summed E-state index contributed by atoms with van der Waals surface area (Å²) in [6, 6.07) is 15.1. The first-order valence-electron chi connectivity index (χ1n) is 6.58. The summed E-state index contributed by atoms with van der Waals surface area (Å²) in [5.41, 5.74) is 8.54. The maximum absolute atomic E-state index is 10.3. The van der Waals surface area contributed by atoms with Crippen LogP contribution in [0.4, 0.5) is 0 Å². The third kappa shape index (κ3) is 2.09. The topological polar surface area (TPSA) is 79.3 Å². The minimum absolute atomic E-state index is 0.0869. The largest absolute Gasteiger partial charge is 0.507 e. The van der Waals surface area contributed by atoms with E-state index in [4.69, 9.17) is 10.5 Å². The van der Waals surface area contributed by atoms with Gasteiger partial charge in [-0.25, -0.2) is 0 Å². The molecule has 0 spiro atoms. The lowest BCUT2D eigenvalue weighted by molar-refractivity contribution is 0.382. The van der Waals surface area contributed by atoms with Crippen molar-refractivity contribution in [2.24, 2.45) is 5.73 Å². The van der Waals surface area contributed by atoms with E-state index in [9.17, 15) is 10.4 Å². The summed E-state index contributed by atoms with van der Waals surface area (Å²) in [4.78, 5) is 0. The van der Waals surface area contributed by atoms with Crippen LogP contribution in [0.1, 0.15) is 22.6 Å². The van der Waals surface area contributed by atoms with Gasteiger partial charge >= 0.3 is 0 Å². The molecule has 1 atom stereocenters. The smallest absolute Gasteiger partial charge is 0.205 e.